The van der Waals surface area contributed by atoms with Crippen LogP contribution < -0.4 is 0 Å². The van der Waals surface area contributed by atoms with E-state index in [4.69, 9.17) is 6.58 Å². The summed E-state index contributed by atoms with van der Waals surface area (Å²) in [5, 5.41) is 0. The quantitative estimate of drug-likeness (QED) is 0.474. The molecule has 0 heterocycles. The largest absolute Gasteiger partial charge is 0.188 e. The van der Waals surface area contributed by atoms with Crippen LogP contribution in [-0.4, -0.2) is 0 Å². The Labute approximate surface area is 49.5 Å². The molecule has 1 aromatic rings. The predicted octanol–water partition coefficient (Wildman–Crippen LogP) is 1.83. The summed E-state index contributed by atoms with van der Waals surface area (Å²) in [5.74, 6) is 0. The van der Waals surface area contributed by atoms with Crippen molar-refractivity contribution in [2.75, 3.05) is 0 Å². The normalized spacial score (nSPS) is 8.00. The highest BCUT2D eigenvalue weighted by Gasteiger charge is 1.89. The molecule has 0 aromatic heterocycles. The average Bonchev–Trinajstić information content (AvgIpc) is 1.90. The van der Waals surface area contributed by atoms with Gasteiger partial charge in [0.05, 0.1) is 18.7 Å². The van der Waals surface area contributed by atoms with Gasteiger partial charge in [-0.3, -0.25) is 0 Å². The van der Waals surface area contributed by atoms with Gasteiger partial charge in [0.15, 0.2) is 5.56 Å². The maximum atomic E-state index is 5.10. The van der Waals surface area contributed by atoms with E-state index in [1.165, 1.54) is 0 Å². The third-order valence-electron chi connectivity index (χ3n) is 0.940. The van der Waals surface area contributed by atoms with E-state index in [-0.39, 0.29) is 0 Å². The van der Waals surface area contributed by atoms with Crippen molar-refractivity contribution >= 4 is 0 Å². The number of rotatable bonds is 1. The van der Waals surface area contributed by atoms with Crippen LogP contribution in [-0.2, 0) is 0 Å². The second-order valence-corrected chi connectivity index (χ2v) is 1.51. The zero-order valence-corrected chi connectivity index (χ0v) is 4.46. The van der Waals surface area contributed by atoms with Crippen LogP contribution in [0, 0.1) is 12.7 Å². The molecule has 0 N–H and O–H groups in total. The van der Waals surface area contributed by atoms with Crippen molar-refractivity contribution in [2.45, 2.75) is 0 Å². The van der Waals surface area contributed by atoms with Crippen molar-refractivity contribution < 1.29 is 0 Å². The van der Waals surface area contributed by atoms with Gasteiger partial charge in [0.1, 0.15) is 0 Å². The average molecular weight is 102 g/mol. The van der Waals surface area contributed by atoms with E-state index < -0.39 is 0 Å². The van der Waals surface area contributed by atoms with Gasteiger partial charge in [0, 0.05) is 6.08 Å². The Morgan fingerprint density at radius 2 is 1.75 bits per heavy atom. The second kappa shape index (κ2) is 2.25. The standard InChI is InChI=1S/C8H6/c1-2-8-6-4-3-5-7-8/h1,3-7H/q+1. The van der Waals surface area contributed by atoms with Crippen molar-refractivity contribution in [2.24, 2.45) is 0 Å². The molecule has 0 aliphatic heterocycles. The number of hydrogen-bond donors (Lipinski definition) is 0. The summed E-state index contributed by atoms with van der Waals surface area (Å²) in [6.07, 6.45) is 2.53. The fraction of sp³-hybridized carbons (Fsp3) is 0. The zero-order chi connectivity index (χ0) is 5.82. The Kier molecular flexibility index (Phi) is 1.41. The third kappa shape index (κ3) is 0.927. The highest BCUT2D eigenvalue weighted by Crippen LogP contribution is 1.94. The SMILES string of the molecule is [CH]=[C+]c1ccccc1. The van der Waals surface area contributed by atoms with Gasteiger partial charge in [-0.05, 0) is 18.2 Å². The number of hydrogen-bond acceptors (Lipinski definition) is 0. The fourth-order valence-corrected chi connectivity index (χ4v) is 0.534. The molecule has 0 fully saturated rings. The van der Waals surface area contributed by atoms with Crippen molar-refractivity contribution in [3.63, 3.8) is 0 Å². The van der Waals surface area contributed by atoms with E-state index in [1.807, 2.05) is 30.3 Å². The first-order valence-electron chi connectivity index (χ1n) is 2.45. The summed E-state index contributed by atoms with van der Waals surface area (Å²) in [4.78, 5) is 0. The molecule has 37 valence electrons. The van der Waals surface area contributed by atoms with Crippen LogP contribution in [0.25, 0.3) is 0 Å². The van der Waals surface area contributed by atoms with Gasteiger partial charge in [-0.15, -0.1) is 0 Å². The molecule has 1 rings (SSSR count). The van der Waals surface area contributed by atoms with E-state index in [9.17, 15) is 0 Å². The fourth-order valence-electron chi connectivity index (χ4n) is 0.534. The highest BCUT2D eigenvalue weighted by molar-refractivity contribution is 5.19. The Morgan fingerprint density at radius 3 is 2.12 bits per heavy atom. The van der Waals surface area contributed by atoms with E-state index >= 15 is 0 Å². The van der Waals surface area contributed by atoms with Crippen molar-refractivity contribution in [1.29, 1.82) is 0 Å². The van der Waals surface area contributed by atoms with E-state index in [0.717, 1.165) is 5.56 Å². The lowest BCUT2D eigenvalue weighted by atomic mass is 10.2. The minimum absolute atomic E-state index is 0.938. The van der Waals surface area contributed by atoms with Gasteiger partial charge in [-0.25, -0.2) is 0 Å². The van der Waals surface area contributed by atoms with Crippen molar-refractivity contribution in [3.05, 3.63) is 48.6 Å². The summed E-state index contributed by atoms with van der Waals surface area (Å²) in [5.41, 5.74) is 0.938. The lowest BCUT2D eigenvalue weighted by Gasteiger charge is -1.73. The van der Waals surface area contributed by atoms with Gasteiger partial charge >= 0.3 is 0 Å². The molecule has 0 heteroatoms. The van der Waals surface area contributed by atoms with Gasteiger partial charge in [-0.1, -0.05) is 0 Å². The highest BCUT2D eigenvalue weighted by atomic mass is 13.8. The molecule has 0 unspecified atom stereocenters. The van der Waals surface area contributed by atoms with E-state index in [0.29, 0.717) is 0 Å². The van der Waals surface area contributed by atoms with Crippen LogP contribution in [0.5, 0.6) is 0 Å². The molecule has 1 radical (unpaired) electrons. The Morgan fingerprint density at radius 1 is 1.12 bits per heavy atom. The zero-order valence-electron chi connectivity index (χ0n) is 4.46. The molecule has 0 aliphatic carbocycles. The molecule has 0 amide bonds. The molecule has 0 bridgehead atoms. The van der Waals surface area contributed by atoms with Crippen LogP contribution >= 0.6 is 0 Å². The van der Waals surface area contributed by atoms with Crippen LogP contribution in [0.1, 0.15) is 5.56 Å². The van der Waals surface area contributed by atoms with Gasteiger partial charge in [0.2, 0.25) is 0 Å². The Balaban J connectivity index is 2.99. The third-order valence-corrected chi connectivity index (χ3v) is 0.940. The molecule has 0 saturated carbocycles. The summed E-state index contributed by atoms with van der Waals surface area (Å²) < 4.78 is 0. The van der Waals surface area contributed by atoms with Crippen LogP contribution in [0.2, 0.25) is 0 Å². The summed E-state index contributed by atoms with van der Waals surface area (Å²) in [6.45, 7) is 5.10. The Hall–Kier alpha value is -1.13. The van der Waals surface area contributed by atoms with Crippen LogP contribution in [0.15, 0.2) is 30.3 Å². The molecule has 0 atom stereocenters. The topological polar surface area (TPSA) is 0 Å². The lowest BCUT2D eigenvalue weighted by molar-refractivity contribution is 1.58. The minimum Gasteiger partial charge on any atom is -0.0355 e. The molecular weight excluding hydrogens is 96.1 g/mol. The van der Waals surface area contributed by atoms with E-state index in [1.54, 1.807) is 0 Å². The summed E-state index contributed by atoms with van der Waals surface area (Å²) >= 11 is 0. The van der Waals surface area contributed by atoms with Crippen LogP contribution in [0.4, 0.5) is 0 Å². The minimum atomic E-state index is 0.938. The molecule has 8 heavy (non-hydrogen) atoms. The molecule has 0 saturated heterocycles. The smallest absolute Gasteiger partial charge is 0.0355 e. The second-order valence-electron chi connectivity index (χ2n) is 1.51. The maximum absolute atomic E-state index is 5.10. The Bertz CT molecular complexity index is 163. The maximum Gasteiger partial charge on any atom is 0.188 e. The molecule has 1 aromatic carbocycles. The van der Waals surface area contributed by atoms with E-state index in [2.05, 4.69) is 6.08 Å². The molecular formula is C8H6+. The monoisotopic (exact) mass is 102 g/mol. The first kappa shape index (κ1) is 5.02. The summed E-state index contributed by atoms with van der Waals surface area (Å²) in [7, 11) is 0. The van der Waals surface area contributed by atoms with Crippen molar-refractivity contribution in [3.8, 4) is 0 Å². The first-order valence-corrected chi connectivity index (χ1v) is 2.45. The number of benzene rings is 1. The van der Waals surface area contributed by atoms with Gasteiger partial charge in [0.25, 0.3) is 0 Å². The summed E-state index contributed by atoms with van der Waals surface area (Å²) in [6, 6.07) is 9.60. The predicted molar refractivity (Wildman–Crippen MR) is 33.1 cm³/mol. The van der Waals surface area contributed by atoms with Gasteiger partial charge < -0.3 is 0 Å². The lowest BCUT2D eigenvalue weighted by Crippen LogP contribution is -1.66. The van der Waals surface area contributed by atoms with Crippen LogP contribution in [0.3, 0.4) is 0 Å². The molecule has 0 nitrogen and oxygen atoms in total. The molecule has 0 aliphatic rings. The molecule has 0 spiro atoms. The van der Waals surface area contributed by atoms with Crippen molar-refractivity contribution in [1.82, 2.24) is 0 Å². The first-order chi connectivity index (χ1) is 3.93. The van der Waals surface area contributed by atoms with Gasteiger partial charge in [-0.2, -0.15) is 0 Å².